The van der Waals surface area contributed by atoms with Crippen LogP contribution in [0.25, 0.3) is 11.0 Å². The number of nitrogens with one attached hydrogen (secondary N) is 1. The van der Waals surface area contributed by atoms with Crippen LogP contribution in [0, 0.1) is 5.41 Å². The fourth-order valence-electron chi connectivity index (χ4n) is 3.41. The molecule has 1 fully saturated rings. The molecule has 0 spiro atoms. The van der Waals surface area contributed by atoms with Gasteiger partial charge < -0.3 is 15.2 Å². The first-order valence-corrected chi connectivity index (χ1v) is 9.39. The fraction of sp³-hybridized carbons (Fsp3) is 0.333. The summed E-state index contributed by atoms with van der Waals surface area (Å²) in [5.74, 6) is -0.555. The number of benzene rings is 1. The largest absolute Gasteiger partial charge is 0.478 e. The van der Waals surface area contributed by atoms with Crippen LogP contribution in [0.15, 0.2) is 47.4 Å². The molecule has 1 aliphatic heterocycles. The molecule has 4 rings (SSSR count). The molecule has 1 saturated heterocycles. The minimum absolute atomic E-state index is 0.0736. The molecule has 2 N–H and O–H groups in total. The highest BCUT2D eigenvalue weighted by Crippen LogP contribution is 2.29. The molecule has 1 aliphatic rings. The summed E-state index contributed by atoms with van der Waals surface area (Å²) in [7, 11) is 0. The van der Waals surface area contributed by atoms with Crippen LogP contribution in [0.5, 0.6) is 0 Å². The summed E-state index contributed by atoms with van der Waals surface area (Å²) in [6.45, 7) is 5.80. The van der Waals surface area contributed by atoms with Gasteiger partial charge in [-0.1, -0.05) is 19.1 Å². The van der Waals surface area contributed by atoms with Crippen LogP contribution >= 0.6 is 0 Å². The lowest BCUT2D eigenvalue weighted by molar-refractivity contribution is -0.110. The lowest BCUT2D eigenvalue weighted by atomic mass is 9.88. The zero-order valence-corrected chi connectivity index (χ0v) is 16.3. The Balaban J connectivity index is 1.62. The molecule has 0 aliphatic carbocycles. The van der Waals surface area contributed by atoms with E-state index in [-0.39, 0.29) is 22.6 Å². The van der Waals surface area contributed by atoms with Gasteiger partial charge >= 0.3 is 5.97 Å². The normalized spacial score (nSPS) is 16.2. The third-order valence-corrected chi connectivity index (χ3v) is 5.17. The molecule has 2 aromatic heterocycles. The van der Waals surface area contributed by atoms with E-state index in [1.54, 1.807) is 41.1 Å². The number of aromatic nitrogens is 3. The number of anilines is 1. The van der Waals surface area contributed by atoms with E-state index >= 15 is 0 Å². The van der Waals surface area contributed by atoms with Crippen molar-refractivity contribution >= 4 is 23.0 Å². The minimum Gasteiger partial charge on any atom is -0.478 e. The van der Waals surface area contributed by atoms with Gasteiger partial charge in [0, 0.05) is 29.6 Å². The number of rotatable bonds is 6. The minimum atomic E-state index is -0.960. The van der Waals surface area contributed by atoms with Gasteiger partial charge in [-0.15, -0.1) is 0 Å². The molecule has 29 heavy (non-hydrogen) atoms. The van der Waals surface area contributed by atoms with Crippen molar-refractivity contribution in [2.45, 2.75) is 26.4 Å². The van der Waals surface area contributed by atoms with E-state index in [1.165, 1.54) is 6.07 Å². The Hall–Kier alpha value is -3.26. The Morgan fingerprint density at radius 1 is 1.28 bits per heavy atom. The number of carboxylic acid groups (broad SMARTS) is 1. The molecule has 1 unspecified atom stereocenters. The molecular weight excluding hydrogens is 372 g/mol. The average Bonchev–Trinajstić information content (AvgIpc) is 2.69. The molecular formula is C21H22N4O4. The number of hydrogen-bond acceptors (Lipinski definition) is 6. The van der Waals surface area contributed by atoms with Crippen LogP contribution in [0.3, 0.4) is 0 Å². The van der Waals surface area contributed by atoms with Crippen molar-refractivity contribution in [1.29, 1.82) is 0 Å². The predicted molar refractivity (Wildman–Crippen MR) is 108 cm³/mol. The first-order chi connectivity index (χ1) is 13.8. The van der Waals surface area contributed by atoms with Gasteiger partial charge in [-0.3, -0.25) is 9.36 Å². The van der Waals surface area contributed by atoms with Crippen molar-refractivity contribution in [3.8, 4) is 0 Å². The molecule has 3 heterocycles. The van der Waals surface area contributed by atoms with Gasteiger partial charge in [0.25, 0.3) is 5.56 Å². The van der Waals surface area contributed by atoms with Gasteiger partial charge in [0.05, 0.1) is 24.8 Å². The molecule has 0 saturated carbocycles. The SMILES string of the molecule is CC(Nc1ncc2ccc(=O)n(CC3(C)COC3)c2n1)c1ccc(C(=O)O)cc1. The van der Waals surface area contributed by atoms with E-state index < -0.39 is 5.97 Å². The molecule has 0 bridgehead atoms. The summed E-state index contributed by atoms with van der Waals surface area (Å²) in [5.41, 5.74) is 1.54. The van der Waals surface area contributed by atoms with Crippen molar-refractivity contribution in [1.82, 2.24) is 14.5 Å². The highest BCUT2D eigenvalue weighted by Gasteiger charge is 2.34. The summed E-state index contributed by atoms with van der Waals surface area (Å²) in [4.78, 5) is 32.5. The number of fused-ring (bicyclic) bond motifs is 1. The van der Waals surface area contributed by atoms with Gasteiger partial charge in [-0.25, -0.2) is 9.78 Å². The van der Waals surface area contributed by atoms with E-state index in [0.717, 1.165) is 10.9 Å². The Morgan fingerprint density at radius 3 is 2.62 bits per heavy atom. The second-order valence-electron chi connectivity index (χ2n) is 7.83. The maximum atomic E-state index is 12.5. The Labute approximate surface area is 167 Å². The summed E-state index contributed by atoms with van der Waals surface area (Å²) in [6, 6.07) is 9.77. The summed E-state index contributed by atoms with van der Waals surface area (Å²) in [6.07, 6.45) is 1.69. The first kappa shape index (κ1) is 19.1. The van der Waals surface area contributed by atoms with Gasteiger partial charge in [0.1, 0.15) is 5.65 Å². The third kappa shape index (κ3) is 3.84. The zero-order chi connectivity index (χ0) is 20.6. The monoisotopic (exact) mass is 394 g/mol. The zero-order valence-electron chi connectivity index (χ0n) is 16.3. The third-order valence-electron chi connectivity index (χ3n) is 5.17. The van der Waals surface area contributed by atoms with Gasteiger partial charge in [0.15, 0.2) is 0 Å². The van der Waals surface area contributed by atoms with E-state index in [2.05, 4.69) is 22.2 Å². The van der Waals surface area contributed by atoms with E-state index in [1.807, 2.05) is 6.92 Å². The van der Waals surface area contributed by atoms with Gasteiger partial charge in [-0.05, 0) is 30.7 Å². The van der Waals surface area contributed by atoms with Crippen LogP contribution in [-0.4, -0.2) is 38.8 Å². The molecule has 1 aromatic carbocycles. The number of ether oxygens (including phenoxy) is 1. The molecule has 150 valence electrons. The van der Waals surface area contributed by atoms with E-state index in [4.69, 9.17) is 9.84 Å². The highest BCUT2D eigenvalue weighted by atomic mass is 16.5. The topological polar surface area (TPSA) is 106 Å². The second-order valence-corrected chi connectivity index (χ2v) is 7.83. The number of hydrogen-bond donors (Lipinski definition) is 2. The van der Waals surface area contributed by atoms with Crippen molar-refractivity contribution < 1.29 is 14.6 Å². The summed E-state index contributed by atoms with van der Waals surface area (Å²) in [5, 5.41) is 13.0. The van der Waals surface area contributed by atoms with E-state index in [0.29, 0.717) is 31.4 Å². The number of nitrogens with zero attached hydrogens (tertiary/aromatic N) is 3. The van der Waals surface area contributed by atoms with Crippen molar-refractivity contribution in [3.05, 3.63) is 64.1 Å². The fourth-order valence-corrected chi connectivity index (χ4v) is 3.41. The quantitative estimate of drug-likeness (QED) is 0.662. The molecule has 1 atom stereocenters. The highest BCUT2D eigenvalue weighted by molar-refractivity contribution is 5.87. The summed E-state index contributed by atoms with van der Waals surface area (Å²) >= 11 is 0. The van der Waals surface area contributed by atoms with Gasteiger partial charge in [0.2, 0.25) is 5.95 Å². The maximum Gasteiger partial charge on any atom is 0.335 e. The smallest absolute Gasteiger partial charge is 0.335 e. The average molecular weight is 394 g/mol. The molecule has 3 aromatic rings. The van der Waals surface area contributed by atoms with Crippen LogP contribution < -0.4 is 10.9 Å². The van der Waals surface area contributed by atoms with Crippen LogP contribution in [-0.2, 0) is 11.3 Å². The molecule has 8 heteroatoms. The molecule has 0 amide bonds. The summed E-state index contributed by atoms with van der Waals surface area (Å²) < 4.78 is 6.99. The van der Waals surface area contributed by atoms with Crippen molar-refractivity contribution in [2.24, 2.45) is 5.41 Å². The standard InChI is InChI=1S/C21H22N4O4/c1-13(14-3-5-15(6-4-14)19(27)28)23-20-22-9-16-7-8-17(26)25(18(16)24-20)10-21(2)11-29-12-21/h3-9,13H,10-12H2,1-2H3,(H,27,28)(H,22,23,24). The van der Waals surface area contributed by atoms with E-state index in [9.17, 15) is 9.59 Å². The Morgan fingerprint density at radius 2 is 2.00 bits per heavy atom. The first-order valence-electron chi connectivity index (χ1n) is 9.39. The lowest BCUT2D eigenvalue weighted by Crippen LogP contribution is -2.45. The number of carboxylic acids is 1. The van der Waals surface area contributed by atoms with Crippen molar-refractivity contribution in [3.63, 3.8) is 0 Å². The van der Waals surface area contributed by atoms with Crippen molar-refractivity contribution in [2.75, 3.05) is 18.5 Å². The van der Waals surface area contributed by atoms with Gasteiger partial charge in [-0.2, -0.15) is 4.98 Å². The van der Waals surface area contributed by atoms with Crippen LogP contribution in [0.2, 0.25) is 0 Å². The maximum absolute atomic E-state index is 12.5. The number of aromatic carboxylic acids is 1. The Bertz CT molecular complexity index is 1120. The molecule has 8 nitrogen and oxygen atoms in total. The van der Waals surface area contributed by atoms with Crippen LogP contribution in [0.1, 0.15) is 35.8 Å². The molecule has 0 radical (unpaired) electrons. The predicted octanol–water partition coefficient (Wildman–Crippen LogP) is 2.70. The lowest BCUT2D eigenvalue weighted by Gasteiger charge is -2.38. The number of carbonyl (C=O) groups is 1. The van der Waals surface area contributed by atoms with Crippen LogP contribution in [0.4, 0.5) is 5.95 Å². The Kier molecular flexibility index (Phi) is 4.79. The second kappa shape index (κ2) is 7.29. The number of pyridine rings is 1.